The lowest BCUT2D eigenvalue weighted by Crippen LogP contribution is -2.50. The van der Waals surface area contributed by atoms with E-state index in [0.29, 0.717) is 23.7 Å². The first-order valence-electron chi connectivity index (χ1n) is 9.91. The molecule has 3 aromatic rings. The molecule has 0 spiro atoms. The highest BCUT2D eigenvalue weighted by atomic mass is 16.2. The van der Waals surface area contributed by atoms with Crippen molar-refractivity contribution >= 4 is 11.7 Å². The van der Waals surface area contributed by atoms with Crippen molar-refractivity contribution in [3.63, 3.8) is 0 Å². The second-order valence-corrected chi connectivity index (χ2v) is 7.59. The van der Waals surface area contributed by atoms with Crippen LogP contribution in [0.5, 0.6) is 0 Å². The number of hydrogen-bond donors (Lipinski definition) is 1. The van der Waals surface area contributed by atoms with Crippen molar-refractivity contribution in [2.45, 2.75) is 18.9 Å². The average molecular weight is 390 g/mol. The van der Waals surface area contributed by atoms with E-state index in [0.717, 1.165) is 31.7 Å². The van der Waals surface area contributed by atoms with Crippen LogP contribution in [0.1, 0.15) is 23.2 Å². The van der Waals surface area contributed by atoms with Gasteiger partial charge in [0.1, 0.15) is 5.82 Å². The molecular formula is C21H22N6O2. The van der Waals surface area contributed by atoms with Crippen molar-refractivity contribution in [2.75, 3.05) is 24.5 Å². The summed E-state index contributed by atoms with van der Waals surface area (Å²) in [5.41, 5.74) is 1.27. The Labute approximate surface area is 167 Å². The van der Waals surface area contributed by atoms with Gasteiger partial charge in [0.15, 0.2) is 5.43 Å². The normalized spacial score (nSPS) is 21.2. The number of nitrogens with zero attached hydrogens (tertiary/aromatic N) is 5. The van der Waals surface area contributed by atoms with Gasteiger partial charge in [-0.1, -0.05) is 12.1 Å². The van der Waals surface area contributed by atoms with E-state index in [-0.39, 0.29) is 17.4 Å². The fourth-order valence-corrected chi connectivity index (χ4v) is 4.56. The molecule has 148 valence electrons. The Balaban J connectivity index is 1.41. The van der Waals surface area contributed by atoms with Crippen LogP contribution in [-0.2, 0) is 0 Å². The van der Waals surface area contributed by atoms with Gasteiger partial charge < -0.3 is 14.8 Å². The van der Waals surface area contributed by atoms with E-state index < -0.39 is 0 Å². The number of rotatable bonds is 3. The Morgan fingerprint density at radius 3 is 2.69 bits per heavy atom. The number of nitrogens with one attached hydrogen (secondary N) is 1. The van der Waals surface area contributed by atoms with E-state index in [1.165, 1.54) is 10.9 Å². The lowest BCUT2D eigenvalue weighted by atomic mass is 9.91. The summed E-state index contributed by atoms with van der Waals surface area (Å²) in [5.74, 6) is 1.36. The summed E-state index contributed by atoms with van der Waals surface area (Å²) in [6.07, 6.45) is 6.93. The van der Waals surface area contributed by atoms with Crippen LogP contribution in [-0.4, -0.2) is 56.5 Å². The number of pyridine rings is 1. The molecule has 5 rings (SSSR count). The van der Waals surface area contributed by atoms with Gasteiger partial charge >= 0.3 is 0 Å². The Kier molecular flexibility index (Phi) is 4.38. The number of H-pyrrole nitrogens is 1. The maximum atomic E-state index is 13.4. The van der Waals surface area contributed by atoms with Crippen molar-refractivity contribution < 1.29 is 4.79 Å². The van der Waals surface area contributed by atoms with Crippen LogP contribution >= 0.6 is 0 Å². The number of amides is 1. The monoisotopic (exact) mass is 390 g/mol. The van der Waals surface area contributed by atoms with Gasteiger partial charge in [0, 0.05) is 38.0 Å². The molecule has 0 saturated carbocycles. The number of aromatic nitrogens is 4. The molecule has 2 fully saturated rings. The average Bonchev–Trinajstić information content (AvgIpc) is 3.43. The number of para-hydroxylation sites is 1. The van der Waals surface area contributed by atoms with Crippen molar-refractivity contribution in [1.82, 2.24) is 24.9 Å². The van der Waals surface area contributed by atoms with Gasteiger partial charge in [-0.25, -0.2) is 0 Å². The number of carbonyl (C=O) groups excluding carboxylic acids is 1. The van der Waals surface area contributed by atoms with Gasteiger partial charge in [0.05, 0.1) is 29.7 Å². The molecule has 1 amide bonds. The molecule has 2 aromatic heterocycles. The number of hydrogen-bond acceptors (Lipinski definition) is 5. The zero-order chi connectivity index (χ0) is 19.8. The predicted octanol–water partition coefficient (Wildman–Crippen LogP) is 1.70. The van der Waals surface area contributed by atoms with Gasteiger partial charge in [-0.05, 0) is 30.9 Å². The maximum Gasteiger partial charge on any atom is 0.256 e. The minimum atomic E-state index is -0.00949. The summed E-state index contributed by atoms with van der Waals surface area (Å²) < 4.78 is 0. The minimum Gasteiger partial charge on any atom is -0.353 e. The lowest BCUT2D eigenvalue weighted by molar-refractivity contribution is 0.0678. The van der Waals surface area contributed by atoms with E-state index in [2.05, 4.69) is 20.1 Å². The second kappa shape index (κ2) is 7.20. The Morgan fingerprint density at radius 1 is 1.07 bits per heavy atom. The van der Waals surface area contributed by atoms with Crippen molar-refractivity contribution in [3.05, 3.63) is 70.8 Å². The highest BCUT2D eigenvalue weighted by Gasteiger charge is 2.40. The number of likely N-dealkylation sites (tertiary alicyclic amines) is 1. The molecule has 4 heterocycles. The molecule has 0 aliphatic carbocycles. The number of fused-ring (bicyclic) bond motifs is 1. The van der Waals surface area contributed by atoms with E-state index >= 15 is 0 Å². The molecule has 0 bridgehead atoms. The number of aromatic amines is 1. The Hall–Kier alpha value is -3.42. The van der Waals surface area contributed by atoms with Crippen molar-refractivity contribution in [1.29, 1.82) is 0 Å². The van der Waals surface area contributed by atoms with Crippen LogP contribution in [0.2, 0.25) is 0 Å². The van der Waals surface area contributed by atoms with E-state index in [9.17, 15) is 9.59 Å². The largest absolute Gasteiger partial charge is 0.353 e. The fraction of sp³-hybridized carbons (Fsp3) is 0.333. The molecule has 8 heteroatoms. The molecule has 2 aliphatic rings. The van der Waals surface area contributed by atoms with Gasteiger partial charge in [0.25, 0.3) is 5.91 Å². The summed E-state index contributed by atoms with van der Waals surface area (Å²) >= 11 is 0. The molecule has 29 heavy (non-hydrogen) atoms. The SMILES string of the molecule is O=C(c1ccccc1-n1nccn1)N1CC[C@H]2CCN(c3cc(=O)cc[nH]3)[C@H]2C1. The van der Waals surface area contributed by atoms with Crippen LogP contribution in [0.3, 0.4) is 0 Å². The van der Waals surface area contributed by atoms with Crippen LogP contribution in [0.15, 0.2) is 59.8 Å². The molecular weight excluding hydrogens is 368 g/mol. The first-order chi connectivity index (χ1) is 14.2. The molecule has 0 unspecified atom stereocenters. The number of carbonyl (C=O) groups is 1. The minimum absolute atomic E-state index is 0.00779. The Morgan fingerprint density at radius 2 is 1.86 bits per heavy atom. The number of anilines is 1. The third-order valence-corrected chi connectivity index (χ3v) is 5.99. The van der Waals surface area contributed by atoms with E-state index in [4.69, 9.17) is 0 Å². The third kappa shape index (κ3) is 3.20. The molecule has 1 N–H and O–H groups in total. The summed E-state index contributed by atoms with van der Waals surface area (Å²) in [4.78, 5) is 34.0. The lowest BCUT2D eigenvalue weighted by Gasteiger charge is -2.39. The molecule has 8 nitrogen and oxygen atoms in total. The van der Waals surface area contributed by atoms with Gasteiger partial charge in [-0.15, -0.1) is 0 Å². The standard InChI is InChI=1S/C21H22N6O2/c28-16-5-8-22-20(13-16)26-12-7-15-6-11-25(14-19(15)26)21(29)17-3-1-2-4-18(17)27-23-9-10-24-27/h1-5,8-10,13,15,19H,6-7,11-12,14H2,(H,22,28)/t15-,19-/m0/s1. The summed E-state index contributed by atoms with van der Waals surface area (Å²) in [6.45, 7) is 2.27. The van der Waals surface area contributed by atoms with Gasteiger partial charge in [-0.2, -0.15) is 15.0 Å². The van der Waals surface area contributed by atoms with Gasteiger partial charge in [0.2, 0.25) is 0 Å². The topological polar surface area (TPSA) is 87.1 Å². The molecule has 2 atom stereocenters. The van der Waals surface area contributed by atoms with Crippen LogP contribution in [0.4, 0.5) is 5.82 Å². The molecule has 2 aliphatic heterocycles. The van der Waals surface area contributed by atoms with Crippen molar-refractivity contribution in [2.24, 2.45) is 5.92 Å². The molecule has 2 saturated heterocycles. The first kappa shape index (κ1) is 17.7. The second-order valence-electron chi connectivity index (χ2n) is 7.59. The van der Waals surface area contributed by atoms with E-state index in [1.807, 2.05) is 29.2 Å². The number of benzene rings is 1. The maximum absolute atomic E-state index is 13.4. The highest BCUT2D eigenvalue weighted by molar-refractivity contribution is 5.97. The predicted molar refractivity (Wildman–Crippen MR) is 108 cm³/mol. The van der Waals surface area contributed by atoms with E-state index in [1.54, 1.807) is 24.7 Å². The molecule has 0 radical (unpaired) electrons. The summed E-state index contributed by atoms with van der Waals surface area (Å²) in [6, 6.07) is 10.8. The number of piperidine rings is 1. The smallest absolute Gasteiger partial charge is 0.256 e. The Bertz CT molecular complexity index is 1080. The fourth-order valence-electron chi connectivity index (χ4n) is 4.56. The highest BCUT2D eigenvalue weighted by Crippen LogP contribution is 2.34. The van der Waals surface area contributed by atoms with Crippen LogP contribution < -0.4 is 10.3 Å². The first-order valence-corrected chi connectivity index (χ1v) is 9.91. The van der Waals surface area contributed by atoms with Crippen LogP contribution in [0, 0.1) is 5.92 Å². The quantitative estimate of drug-likeness (QED) is 0.736. The van der Waals surface area contributed by atoms with Crippen molar-refractivity contribution in [3.8, 4) is 5.69 Å². The molecule has 1 aromatic carbocycles. The van der Waals surface area contributed by atoms with Crippen LogP contribution in [0.25, 0.3) is 5.69 Å². The third-order valence-electron chi connectivity index (χ3n) is 5.99. The van der Waals surface area contributed by atoms with Gasteiger partial charge in [-0.3, -0.25) is 9.59 Å². The zero-order valence-corrected chi connectivity index (χ0v) is 15.9. The summed E-state index contributed by atoms with van der Waals surface area (Å²) in [5, 5.41) is 8.36. The zero-order valence-electron chi connectivity index (χ0n) is 15.9. The summed E-state index contributed by atoms with van der Waals surface area (Å²) in [7, 11) is 0.